The number of piperidine rings is 1. The standard InChI is InChI=1S/C25H38N4O4/c1-17(2)21(26)23(31)29-14-11-25(12-15-29)10-6-7-13-27-22(30)19-8-4-5-9-20(19)33-16-18(3)28-24(25)32/h4-5,8-9,17-18,21H,6-7,10-16,26H2,1-3H3,(H,27,30)(H,28,32)/t18-,21-/m1/s1. The van der Waals surface area contributed by atoms with E-state index in [1.54, 1.807) is 17.0 Å². The van der Waals surface area contributed by atoms with Crippen LogP contribution in [0.1, 0.15) is 63.2 Å². The third-order valence-corrected chi connectivity index (χ3v) is 6.88. The van der Waals surface area contributed by atoms with Gasteiger partial charge in [-0.2, -0.15) is 0 Å². The minimum atomic E-state index is -0.529. The molecule has 0 unspecified atom stereocenters. The number of nitrogens with one attached hydrogen (secondary N) is 2. The monoisotopic (exact) mass is 458 g/mol. The van der Waals surface area contributed by atoms with Crippen LogP contribution in [0.4, 0.5) is 0 Å². The van der Waals surface area contributed by atoms with Crippen molar-refractivity contribution in [2.75, 3.05) is 26.2 Å². The van der Waals surface area contributed by atoms with Gasteiger partial charge in [0.15, 0.2) is 0 Å². The Hall–Kier alpha value is -2.61. The predicted molar refractivity (Wildman–Crippen MR) is 127 cm³/mol. The Morgan fingerprint density at radius 1 is 1.15 bits per heavy atom. The van der Waals surface area contributed by atoms with Gasteiger partial charge in [-0.05, 0) is 50.7 Å². The van der Waals surface area contributed by atoms with Crippen LogP contribution in [0.2, 0.25) is 0 Å². The van der Waals surface area contributed by atoms with E-state index in [2.05, 4.69) is 10.6 Å². The highest BCUT2D eigenvalue weighted by molar-refractivity contribution is 5.96. The molecule has 8 heteroatoms. The first-order chi connectivity index (χ1) is 15.7. The topological polar surface area (TPSA) is 114 Å². The quantitative estimate of drug-likeness (QED) is 0.628. The Bertz CT molecular complexity index is 849. The van der Waals surface area contributed by atoms with E-state index in [0.717, 1.165) is 19.3 Å². The van der Waals surface area contributed by atoms with Crippen molar-refractivity contribution in [2.24, 2.45) is 17.1 Å². The largest absolute Gasteiger partial charge is 0.491 e. The maximum atomic E-state index is 13.4. The van der Waals surface area contributed by atoms with Crippen molar-refractivity contribution < 1.29 is 19.1 Å². The molecule has 0 radical (unpaired) electrons. The first kappa shape index (κ1) is 25.0. The predicted octanol–water partition coefficient (Wildman–Crippen LogP) is 2.08. The normalized spacial score (nSPS) is 23.1. The number of hydrogen-bond donors (Lipinski definition) is 3. The zero-order valence-corrected chi connectivity index (χ0v) is 20.1. The minimum Gasteiger partial charge on any atom is -0.491 e. The van der Waals surface area contributed by atoms with E-state index < -0.39 is 11.5 Å². The molecule has 8 nitrogen and oxygen atoms in total. The lowest BCUT2D eigenvalue weighted by Gasteiger charge is -2.42. The lowest BCUT2D eigenvalue weighted by Crippen LogP contribution is -2.55. The average Bonchev–Trinajstić information content (AvgIpc) is 2.81. The first-order valence-corrected chi connectivity index (χ1v) is 12.1. The molecule has 3 amide bonds. The summed E-state index contributed by atoms with van der Waals surface area (Å²) in [5.41, 5.74) is 6.05. The Morgan fingerprint density at radius 3 is 2.55 bits per heavy atom. The summed E-state index contributed by atoms with van der Waals surface area (Å²) in [6.45, 7) is 7.65. The van der Waals surface area contributed by atoms with Gasteiger partial charge in [0, 0.05) is 19.6 Å². The number of carbonyl (C=O) groups is 3. The number of nitrogens with two attached hydrogens (primary N) is 1. The lowest BCUT2D eigenvalue weighted by atomic mass is 9.73. The van der Waals surface area contributed by atoms with Crippen molar-refractivity contribution in [2.45, 2.75) is 65.0 Å². The minimum absolute atomic E-state index is 0.0215. The number of fused-ring (bicyclic) bond motifs is 1. The molecule has 2 atom stereocenters. The molecular weight excluding hydrogens is 420 g/mol. The molecule has 2 heterocycles. The van der Waals surface area contributed by atoms with Crippen LogP contribution >= 0.6 is 0 Å². The highest BCUT2D eigenvalue weighted by Gasteiger charge is 2.42. The Balaban J connectivity index is 1.71. The van der Waals surface area contributed by atoms with Crippen LogP contribution < -0.4 is 21.1 Å². The van der Waals surface area contributed by atoms with Gasteiger partial charge in [0.1, 0.15) is 12.4 Å². The highest BCUT2D eigenvalue weighted by Crippen LogP contribution is 2.37. The number of amides is 3. The number of hydrogen-bond acceptors (Lipinski definition) is 5. The van der Waals surface area contributed by atoms with Gasteiger partial charge in [-0.15, -0.1) is 0 Å². The molecule has 182 valence electrons. The number of carbonyl (C=O) groups excluding carboxylic acids is 3. The van der Waals surface area contributed by atoms with E-state index in [0.29, 0.717) is 43.8 Å². The van der Waals surface area contributed by atoms with Crippen molar-refractivity contribution in [3.05, 3.63) is 29.8 Å². The molecule has 1 fully saturated rings. The average molecular weight is 459 g/mol. The van der Waals surface area contributed by atoms with Gasteiger partial charge in [0.25, 0.3) is 5.91 Å². The highest BCUT2D eigenvalue weighted by atomic mass is 16.5. The number of benzene rings is 1. The molecule has 1 aromatic carbocycles. The summed E-state index contributed by atoms with van der Waals surface area (Å²) < 4.78 is 5.89. The van der Waals surface area contributed by atoms with E-state index in [1.807, 2.05) is 32.9 Å². The molecule has 33 heavy (non-hydrogen) atoms. The molecule has 2 aliphatic heterocycles. The summed E-state index contributed by atoms with van der Waals surface area (Å²) >= 11 is 0. The fraction of sp³-hybridized carbons (Fsp3) is 0.640. The zero-order chi connectivity index (χ0) is 24.0. The third-order valence-electron chi connectivity index (χ3n) is 6.88. The number of nitrogens with zero attached hydrogens (tertiary/aromatic N) is 1. The SMILES string of the molecule is CC(C)[C@@H](N)C(=O)N1CCC2(CCCCNC(=O)c3ccccc3OC[C@@H](C)NC2=O)CC1. The van der Waals surface area contributed by atoms with Crippen LogP contribution in [0.3, 0.4) is 0 Å². The summed E-state index contributed by atoms with van der Waals surface area (Å²) in [5, 5.41) is 6.09. The summed E-state index contributed by atoms with van der Waals surface area (Å²) in [5.74, 6) is 0.420. The van der Waals surface area contributed by atoms with Crippen molar-refractivity contribution in [3.63, 3.8) is 0 Å². The molecule has 0 saturated carbocycles. The van der Waals surface area contributed by atoms with Crippen LogP contribution in [0.5, 0.6) is 5.75 Å². The van der Waals surface area contributed by atoms with Crippen LogP contribution in [0, 0.1) is 11.3 Å². The summed E-state index contributed by atoms with van der Waals surface area (Å²) in [7, 11) is 0. The van der Waals surface area contributed by atoms with Gasteiger partial charge >= 0.3 is 0 Å². The first-order valence-electron chi connectivity index (χ1n) is 12.1. The third kappa shape index (κ3) is 6.05. The van der Waals surface area contributed by atoms with Crippen molar-refractivity contribution in [1.82, 2.24) is 15.5 Å². The van der Waals surface area contributed by atoms with Crippen LogP contribution in [0.15, 0.2) is 24.3 Å². The van der Waals surface area contributed by atoms with E-state index in [9.17, 15) is 14.4 Å². The Morgan fingerprint density at radius 2 is 1.85 bits per heavy atom. The van der Waals surface area contributed by atoms with Gasteiger partial charge in [-0.3, -0.25) is 14.4 Å². The summed E-state index contributed by atoms with van der Waals surface area (Å²) in [6, 6.07) is 6.42. The molecular formula is C25H38N4O4. The molecule has 1 aromatic rings. The second kappa shape index (κ2) is 11.0. The van der Waals surface area contributed by atoms with E-state index >= 15 is 0 Å². The fourth-order valence-electron chi connectivity index (χ4n) is 4.54. The summed E-state index contributed by atoms with van der Waals surface area (Å²) in [6.07, 6.45) is 3.54. The number of rotatable bonds is 2. The smallest absolute Gasteiger partial charge is 0.255 e. The van der Waals surface area contributed by atoms with E-state index in [4.69, 9.17) is 10.5 Å². The molecule has 3 rings (SSSR count). The van der Waals surface area contributed by atoms with Crippen molar-refractivity contribution in [3.8, 4) is 5.75 Å². The molecule has 0 aliphatic carbocycles. The van der Waals surface area contributed by atoms with Gasteiger partial charge in [0.2, 0.25) is 11.8 Å². The maximum Gasteiger partial charge on any atom is 0.255 e. The number of para-hydroxylation sites is 1. The summed E-state index contributed by atoms with van der Waals surface area (Å²) in [4.78, 5) is 40.5. The lowest BCUT2D eigenvalue weighted by molar-refractivity contribution is -0.142. The van der Waals surface area contributed by atoms with Gasteiger partial charge in [0.05, 0.1) is 23.1 Å². The number of ether oxygens (including phenoxy) is 1. The maximum absolute atomic E-state index is 13.4. The van der Waals surface area contributed by atoms with Crippen LogP contribution in [0.25, 0.3) is 0 Å². The van der Waals surface area contributed by atoms with Crippen molar-refractivity contribution in [1.29, 1.82) is 0 Å². The molecule has 0 bridgehead atoms. The molecule has 1 saturated heterocycles. The zero-order valence-electron chi connectivity index (χ0n) is 20.1. The molecule has 0 aromatic heterocycles. The van der Waals surface area contributed by atoms with Gasteiger partial charge < -0.3 is 26.0 Å². The second-order valence-electron chi connectivity index (χ2n) is 9.77. The second-order valence-corrected chi connectivity index (χ2v) is 9.77. The number of likely N-dealkylation sites (tertiary alicyclic amines) is 1. The van der Waals surface area contributed by atoms with E-state index in [-0.39, 0.29) is 36.3 Å². The fourth-order valence-corrected chi connectivity index (χ4v) is 4.54. The Kier molecular flexibility index (Phi) is 8.35. The van der Waals surface area contributed by atoms with Crippen molar-refractivity contribution >= 4 is 17.7 Å². The molecule has 1 spiro atoms. The van der Waals surface area contributed by atoms with Crippen LogP contribution in [-0.4, -0.2) is 60.9 Å². The van der Waals surface area contributed by atoms with Gasteiger partial charge in [-0.1, -0.05) is 32.4 Å². The molecule has 2 aliphatic rings. The Labute approximate surface area is 196 Å². The van der Waals surface area contributed by atoms with Crippen LogP contribution in [-0.2, 0) is 9.59 Å². The molecule has 4 N–H and O–H groups in total. The van der Waals surface area contributed by atoms with Gasteiger partial charge in [-0.25, -0.2) is 0 Å². The van der Waals surface area contributed by atoms with E-state index in [1.165, 1.54) is 0 Å².